The molecule has 0 spiro atoms. The van der Waals surface area contributed by atoms with Gasteiger partial charge in [0.05, 0.1) is 29.4 Å². The van der Waals surface area contributed by atoms with Gasteiger partial charge in [-0.15, -0.1) is 5.11 Å². The number of nitro benzene ring substituents is 1. The molecule has 0 aliphatic carbocycles. The molecule has 29 heavy (non-hydrogen) atoms. The third-order valence-electron chi connectivity index (χ3n) is 4.43. The smallest absolute Gasteiger partial charge is 0.271 e. The Morgan fingerprint density at radius 3 is 2.41 bits per heavy atom. The molecule has 0 saturated carbocycles. The molecule has 10 nitrogen and oxygen atoms in total. The molecule has 0 aromatic heterocycles. The van der Waals surface area contributed by atoms with E-state index in [2.05, 4.69) is 10.3 Å². The maximum atomic E-state index is 10.9. The van der Waals surface area contributed by atoms with Gasteiger partial charge in [0.25, 0.3) is 5.69 Å². The van der Waals surface area contributed by atoms with Gasteiger partial charge in [0, 0.05) is 12.1 Å². The second-order valence-corrected chi connectivity index (χ2v) is 6.62. The van der Waals surface area contributed by atoms with E-state index in [1.54, 1.807) is 6.07 Å². The normalized spacial score (nSPS) is 14.6. The van der Waals surface area contributed by atoms with Gasteiger partial charge in [0.1, 0.15) is 18.3 Å². The van der Waals surface area contributed by atoms with Crippen LogP contribution in [0.25, 0.3) is 0 Å². The molecule has 0 fully saturated rings. The monoisotopic (exact) mass is 404 g/mol. The van der Waals surface area contributed by atoms with E-state index in [1.165, 1.54) is 29.3 Å². The fourth-order valence-electron chi connectivity index (χ4n) is 2.50. The number of aliphatic hydroxyl groups is 4. The van der Waals surface area contributed by atoms with Gasteiger partial charge in [-0.1, -0.05) is 17.4 Å². The highest BCUT2D eigenvalue weighted by atomic mass is 16.6. The lowest BCUT2D eigenvalue weighted by atomic mass is 10.1. The van der Waals surface area contributed by atoms with E-state index in [-0.39, 0.29) is 17.9 Å². The number of anilines is 1. The quantitative estimate of drug-likeness (QED) is 0.282. The summed E-state index contributed by atoms with van der Waals surface area (Å²) in [4.78, 5) is 10.4. The van der Waals surface area contributed by atoms with Crippen LogP contribution in [-0.2, 0) is 0 Å². The third-order valence-corrected chi connectivity index (χ3v) is 4.43. The molecule has 2 aromatic carbocycles. The second kappa shape index (κ2) is 10.0. The van der Waals surface area contributed by atoms with Crippen LogP contribution < -0.4 is 5.01 Å². The second-order valence-electron chi connectivity index (χ2n) is 6.62. The van der Waals surface area contributed by atoms with E-state index in [4.69, 9.17) is 5.11 Å². The first-order chi connectivity index (χ1) is 13.7. The Morgan fingerprint density at radius 1 is 1.07 bits per heavy atom. The summed E-state index contributed by atoms with van der Waals surface area (Å²) in [6, 6.07) is 11.0. The Labute approximate surface area is 167 Å². The van der Waals surface area contributed by atoms with Crippen molar-refractivity contribution >= 4 is 17.1 Å². The molecule has 0 saturated heterocycles. The third kappa shape index (κ3) is 6.03. The van der Waals surface area contributed by atoms with Crippen molar-refractivity contribution in [2.75, 3.05) is 18.2 Å². The molecule has 0 heterocycles. The fourth-order valence-corrected chi connectivity index (χ4v) is 2.50. The summed E-state index contributed by atoms with van der Waals surface area (Å²) < 4.78 is 0. The van der Waals surface area contributed by atoms with Crippen LogP contribution in [0, 0.1) is 24.0 Å². The number of rotatable bonds is 9. The summed E-state index contributed by atoms with van der Waals surface area (Å²) in [7, 11) is 0. The predicted molar refractivity (Wildman–Crippen MR) is 106 cm³/mol. The molecular formula is C19H24N4O6. The van der Waals surface area contributed by atoms with Gasteiger partial charge in [0.15, 0.2) is 0 Å². The van der Waals surface area contributed by atoms with Gasteiger partial charge < -0.3 is 20.4 Å². The van der Waals surface area contributed by atoms with Crippen LogP contribution in [0.5, 0.6) is 0 Å². The molecule has 10 heteroatoms. The largest absolute Gasteiger partial charge is 0.394 e. The van der Waals surface area contributed by atoms with Gasteiger partial charge in [-0.25, -0.2) is 5.01 Å². The molecule has 0 bridgehead atoms. The molecule has 3 atom stereocenters. The lowest BCUT2D eigenvalue weighted by Crippen LogP contribution is -2.44. The summed E-state index contributed by atoms with van der Waals surface area (Å²) >= 11 is 0. The van der Waals surface area contributed by atoms with Crippen molar-refractivity contribution in [1.29, 1.82) is 0 Å². The zero-order valence-corrected chi connectivity index (χ0v) is 16.1. The van der Waals surface area contributed by atoms with Crippen molar-refractivity contribution in [3.63, 3.8) is 0 Å². The van der Waals surface area contributed by atoms with Gasteiger partial charge >= 0.3 is 0 Å². The highest BCUT2D eigenvalue weighted by Crippen LogP contribution is 2.24. The Hall–Kier alpha value is -2.92. The van der Waals surface area contributed by atoms with Crippen LogP contribution in [0.1, 0.15) is 11.1 Å². The minimum atomic E-state index is -1.60. The molecule has 2 aromatic rings. The topological polar surface area (TPSA) is 152 Å². The fraction of sp³-hybridized carbons (Fsp3) is 0.368. The maximum Gasteiger partial charge on any atom is 0.271 e. The molecule has 0 radical (unpaired) electrons. The van der Waals surface area contributed by atoms with Crippen LogP contribution in [0.3, 0.4) is 0 Å². The van der Waals surface area contributed by atoms with Crippen molar-refractivity contribution in [3.8, 4) is 0 Å². The molecule has 0 amide bonds. The van der Waals surface area contributed by atoms with E-state index >= 15 is 0 Å². The van der Waals surface area contributed by atoms with Crippen LogP contribution in [0.4, 0.5) is 17.1 Å². The van der Waals surface area contributed by atoms with Gasteiger partial charge in [-0.2, -0.15) is 0 Å². The van der Waals surface area contributed by atoms with E-state index in [9.17, 15) is 25.4 Å². The zero-order valence-electron chi connectivity index (χ0n) is 16.1. The minimum absolute atomic E-state index is 0.138. The standard InChI is InChI=1S/C19H24N4O6/c1-12-6-7-15(8-13(12)2)22(10-17(25)19(27)18(26)11-24)21-20-14-4-3-5-16(9-14)23(28)29/h3-9,17-19,24-27H,10-11H2,1-2H3/t17-,18+,19+/m0/s1. The lowest BCUT2D eigenvalue weighted by molar-refractivity contribution is -0.384. The molecular weight excluding hydrogens is 380 g/mol. The lowest BCUT2D eigenvalue weighted by Gasteiger charge is -2.26. The van der Waals surface area contributed by atoms with Crippen LogP contribution in [-0.4, -0.2) is 56.8 Å². The van der Waals surface area contributed by atoms with E-state index in [0.29, 0.717) is 5.69 Å². The number of benzene rings is 2. The van der Waals surface area contributed by atoms with Crippen LogP contribution in [0.2, 0.25) is 0 Å². The number of non-ortho nitro benzene ring substituents is 1. The number of hydrogen-bond donors (Lipinski definition) is 4. The van der Waals surface area contributed by atoms with Crippen molar-refractivity contribution in [3.05, 3.63) is 63.7 Å². The molecule has 0 aliphatic rings. The number of nitrogens with zero attached hydrogens (tertiary/aromatic N) is 4. The summed E-state index contributed by atoms with van der Waals surface area (Å²) in [5.74, 6) is 0. The van der Waals surface area contributed by atoms with E-state index in [0.717, 1.165) is 11.1 Å². The Balaban J connectivity index is 2.32. The van der Waals surface area contributed by atoms with Crippen molar-refractivity contribution in [1.82, 2.24) is 0 Å². The Bertz CT molecular complexity index is 876. The molecule has 2 rings (SSSR count). The zero-order chi connectivity index (χ0) is 21.6. The van der Waals surface area contributed by atoms with Crippen LogP contribution >= 0.6 is 0 Å². The number of nitro groups is 1. The number of hydrogen-bond acceptors (Lipinski definition) is 8. The summed E-state index contributed by atoms with van der Waals surface area (Å²) in [6.45, 7) is 2.88. The van der Waals surface area contributed by atoms with Crippen LogP contribution in [0.15, 0.2) is 52.8 Å². The van der Waals surface area contributed by atoms with Gasteiger partial charge in [0.2, 0.25) is 0 Å². The molecule has 0 aliphatic heterocycles. The number of aliphatic hydroxyl groups excluding tert-OH is 4. The first kappa shape index (κ1) is 22.4. The van der Waals surface area contributed by atoms with Crippen molar-refractivity contribution in [2.24, 2.45) is 10.3 Å². The van der Waals surface area contributed by atoms with E-state index < -0.39 is 29.8 Å². The summed E-state index contributed by atoms with van der Waals surface area (Å²) in [5.41, 5.74) is 2.66. The van der Waals surface area contributed by atoms with E-state index in [1.807, 2.05) is 26.0 Å². The van der Waals surface area contributed by atoms with Crippen molar-refractivity contribution < 1.29 is 25.3 Å². The van der Waals surface area contributed by atoms with Gasteiger partial charge in [-0.05, 0) is 43.2 Å². The Morgan fingerprint density at radius 2 is 1.79 bits per heavy atom. The molecule has 4 N–H and O–H groups in total. The molecule has 156 valence electrons. The Kier molecular flexibility index (Phi) is 7.74. The average Bonchev–Trinajstić information content (AvgIpc) is 2.71. The maximum absolute atomic E-state index is 10.9. The SMILES string of the molecule is Cc1ccc(N(C[C@H](O)[C@@H](O)[C@H](O)CO)N=Nc2cccc([N+](=O)[O-])c2)cc1C. The first-order valence-corrected chi connectivity index (χ1v) is 8.89. The summed E-state index contributed by atoms with van der Waals surface area (Å²) in [5, 5.41) is 59.0. The number of aryl methyl sites for hydroxylation is 2. The summed E-state index contributed by atoms with van der Waals surface area (Å²) in [6.07, 6.45) is -4.55. The van der Waals surface area contributed by atoms with Crippen molar-refractivity contribution in [2.45, 2.75) is 32.2 Å². The first-order valence-electron chi connectivity index (χ1n) is 8.89. The predicted octanol–water partition coefficient (Wildman–Crippen LogP) is 1.79. The highest BCUT2D eigenvalue weighted by molar-refractivity contribution is 5.50. The highest BCUT2D eigenvalue weighted by Gasteiger charge is 2.26. The minimum Gasteiger partial charge on any atom is -0.394 e. The van der Waals surface area contributed by atoms with Gasteiger partial charge in [-0.3, -0.25) is 10.1 Å². The molecule has 0 unspecified atom stereocenters. The average molecular weight is 404 g/mol.